The van der Waals surface area contributed by atoms with Gasteiger partial charge in [-0.1, -0.05) is 35.9 Å². The summed E-state index contributed by atoms with van der Waals surface area (Å²) in [6.45, 7) is 4.84. The molecule has 1 amide bonds. The summed E-state index contributed by atoms with van der Waals surface area (Å²) in [6, 6.07) is 10.5. The summed E-state index contributed by atoms with van der Waals surface area (Å²) in [7, 11) is -3.46. The standard InChI is InChI=1S/C22H27ClN2O5S/c1-15(2)25-31(27,28)14-18-7-4-3-6-17(18)13-24-21(26)12-16-10-19(23)22-20(11-16)29-8-5-9-30-22/h3-4,6-7,10-11,15,25H,5,8-9,12-14H2,1-2H3,(H,24,26). The van der Waals surface area contributed by atoms with Gasteiger partial charge in [-0.25, -0.2) is 13.1 Å². The van der Waals surface area contributed by atoms with E-state index in [1.165, 1.54) is 0 Å². The van der Waals surface area contributed by atoms with E-state index in [0.29, 0.717) is 40.9 Å². The minimum absolute atomic E-state index is 0.117. The normalized spacial score (nSPS) is 13.7. The van der Waals surface area contributed by atoms with Crippen molar-refractivity contribution in [2.45, 2.75) is 45.0 Å². The van der Waals surface area contributed by atoms with Crippen molar-refractivity contribution < 1.29 is 22.7 Å². The van der Waals surface area contributed by atoms with Crippen LogP contribution in [-0.4, -0.2) is 33.6 Å². The van der Waals surface area contributed by atoms with Crippen molar-refractivity contribution in [3.8, 4) is 11.5 Å². The molecule has 0 aromatic heterocycles. The highest BCUT2D eigenvalue weighted by Gasteiger charge is 2.18. The Morgan fingerprint density at radius 2 is 1.84 bits per heavy atom. The number of carbonyl (C=O) groups excluding carboxylic acids is 1. The van der Waals surface area contributed by atoms with Gasteiger partial charge in [0.2, 0.25) is 15.9 Å². The maximum Gasteiger partial charge on any atom is 0.224 e. The summed E-state index contributed by atoms with van der Waals surface area (Å²) in [5.74, 6) is 0.702. The molecule has 0 fully saturated rings. The van der Waals surface area contributed by atoms with Gasteiger partial charge in [0.1, 0.15) is 0 Å². The predicted octanol–water partition coefficient (Wildman–Crippen LogP) is 3.19. The van der Waals surface area contributed by atoms with E-state index < -0.39 is 10.0 Å². The molecule has 2 aromatic carbocycles. The summed E-state index contributed by atoms with van der Waals surface area (Å²) in [4.78, 5) is 12.5. The first-order valence-electron chi connectivity index (χ1n) is 10.1. The Morgan fingerprint density at radius 3 is 2.58 bits per heavy atom. The van der Waals surface area contributed by atoms with Gasteiger partial charge in [-0.2, -0.15) is 0 Å². The Labute approximate surface area is 188 Å². The van der Waals surface area contributed by atoms with Gasteiger partial charge in [0.05, 0.1) is 30.4 Å². The average molecular weight is 467 g/mol. The molecule has 7 nitrogen and oxygen atoms in total. The first-order valence-corrected chi connectivity index (χ1v) is 12.2. The van der Waals surface area contributed by atoms with Gasteiger partial charge in [-0.05, 0) is 42.7 Å². The third-order valence-corrected chi connectivity index (χ3v) is 6.38. The highest BCUT2D eigenvalue weighted by Crippen LogP contribution is 2.38. The molecule has 0 saturated heterocycles. The zero-order valence-corrected chi connectivity index (χ0v) is 19.2. The summed E-state index contributed by atoms with van der Waals surface area (Å²) in [5.41, 5.74) is 2.11. The first-order chi connectivity index (χ1) is 14.7. The maximum atomic E-state index is 12.5. The summed E-state index contributed by atoms with van der Waals surface area (Å²) in [5, 5.41) is 3.27. The topological polar surface area (TPSA) is 93.7 Å². The average Bonchev–Trinajstić information content (AvgIpc) is 2.92. The summed E-state index contributed by atoms with van der Waals surface area (Å²) >= 11 is 6.29. The number of carbonyl (C=O) groups is 1. The maximum absolute atomic E-state index is 12.5. The molecule has 3 rings (SSSR count). The Kier molecular flexibility index (Phi) is 7.80. The fraction of sp³-hybridized carbons (Fsp3) is 0.409. The molecular formula is C22H27ClN2O5S. The Balaban J connectivity index is 1.64. The second-order valence-corrected chi connectivity index (χ2v) is 9.87. The van der Waals surface area contributed by atoms with Crippen LogP contribution in [0.25, 0.3) is 0 Å². The van der Waals surface area contributed by atoms with Gasteiger partial charge in [0.25, 0.3) is 0 Å². The van der Waals surface area contributed by atoms with E-state index in [-0.39, 0.29) is 30.7 Å². The van der Waals surface area contributed by atoms with Gasteiger partial charge in [0, 0.05) is 19.0 Å². The molecule has 0 radical (unpaired) electrons. The molecule has 0 saturated carbocycles. The minimum atomic E-state index is -3.46. The van der Waals surface area contributed by atoms with Crippen LogP contribution in [0.2, 0.25) is 5.02 Å². The van der Waals surface area contributed by atoms with Crippen LogP contribution in [-0.2, 0) is 33.5 Å². The number of hydrogen-bond acceptors (Lipinski definition) is 5. The molecule has 1 aliphatic heterocycles. The highest BCUT2D eigenvalue weighted by atomic mass is 35.5. The molecule has 0 bridgehead atoms. The van der Waals surface area contributed by atoms with Crippen LogP contribution in [0.4, 0.5) is 0 Å². The molecule has 1 heterocycles. The van der Waals surface area contributed by atoms with Crippen LogP contribution >= 0.6 is 11.6 Å². The third-order valence-electron chi connectivity index (χ3n) is 4.58. The van der Waals surface area contributed by atoms with E-state index >= 15 is 0 Å². The number of rotatable bonds is 8. The molecule has 2 N–H and O–H groups in total. The van der Waals surface area contributed by atoms with Crippen molar-refractivity contribution in [2.75, 3.05) is 13.2 Å². The molecule has 0 aliphatic carbocycles. The zero-order valence-electron chi connectivity index (χ0n) is 17.6. The second-order valence-electron chi connectivity index (χ2n) is 7.71. The monoisotopic (exact) mass is 466 g/mol. The van der Waals surface area contributed by atoms with E-state index in [0.717, 1.165) is 12.0 Å². The van der Waals surface area contributed by atoms with Crippen molar-refractivity contribution >= 4 is 27.5 Å². The Bertz CT molecular complexity index is 1040. The second kappa shape index (κ2) is 10.3. The van der Waals surface area contributed by atoms with Gasteiger partial charge >= 0.3 is 0 Å². The number of amides is 1. The van der Waals surface area contributed by atoms with Crippen LogP contribution in [0, 0.1) is 0 Å². The van der Waals surface area contributed by atoms with E-state index in [4.69, 9.17) is 21.1 Å². The number of fused-ring (bicyclic) bond motifs is 1. The van der Waals surface area contributed by atoms with Crippen molar-refractivity contribution in [3.05, 3.63) is 58.1 Å². The molecule has 0 spiro atoms. The minimum Gasteiger partial charge on any atom is -0.489 e. The van der Waals surface area contributed by atoms with Crippen molar-refractivity contribution in [1.82, 2.24) is 10.0 Å². The summed E-state index contributed by atoms with van der Waals surface area (Å²) < 4.78 is 38.4. The number of ether oxygens (including phenoxy) is 2. The van der Waals surface area contributed by atoms with Gasteiger partial charge < -0.3 is 14.8 Å². The third kappa shape index (κ3) is 6.85. The molecule has 168 valence electrons. The van der Waals surface area contributed by atoms with E-state index in [1.54, 1.807) is 38.1 Å². The number of sulfonamides is 1. The van der Waals surface area contributed by atoms with Gasteiger partial charge in [0.15, 0.2) is 11.5 Å². The molecule has 31 heavy (non-hydrogen) atoms. The molecule has 0 unspecified atom stereocenters. The molecule has 1 aliphatic rings. The van der Waals surface area contributed by atoms with Gasteiger partial charge in [-0.3, -0.25) is 4.79 Å². The lowest BCUT2D eigenvalue weighted by atomic mass is 10.1. The van der Waals surface area contributed by atoms with Crippen LogP contribution in [0.1, 0.15) is 37.0 Å². The molecule has 0 atom stereocenters. The van der Waals surface area contributed by atoms with Crippen LogP contribution in [0.15, 0.2) is 36.4 Å². The molecular weight excluding hydrogens is 440 g/mol. The van der Waals surface area contributed by atoms with E-state index in [1.807, 2.05) is 12.1 Å². The molecule has 2 aromatic rings. The fourth-order valence-corrected chi connectivity index (χ4v) is 5.08. The van der Waals surface area contributed by atoms with Crippen molar-refractivity contribution in [3.63, 3.8) is 0 Å². The fourth-order valence-electron chi connectivity index (χ4n) is 3.30. The Hall–Kier alpha value is -2.29. The first kappa shape index (κ1) is 23.4. The highest BCUT2D eigenvalue weighted by molar-refractivity contribution is 7.88. The Morgan fingerprint density at radius 1 is 1.13 bits per heavy atom. The largest absolute Gasteiger partial charge is 0.489 e. The summed E-state index contributed by atoms with van der Waals surface area (Å²) in [6.07, 6.45) is 0.883. The number of benzene rings is 2. The number of hydrogen-bond donors (Lipinski definition) is 2. The van der Waals surface area contributed by atoms with Crippen LogP contribution in [0.5, 0.6) is 11.5 Å². The molecule has 9 heteroatoms. The quantitative estimate of drug-likeness (QED) is 0.623. The SMILES string of the molecule is CC(C)NS(=O)(=O)Cc1ccccc1CNC(=O)Cc1cc(Cl)c2c(c1)OCCCO2. The van der Waals surface area contributed by atoms with Crippen LogP contribution in [0.3, 0.4) is 0 Å². The number of nitrogens with one attached hydrogen (secondary N) is 2. The van der Waals surface area contributed by atoms with Crippen LogP contribution < -0.4 is 19.5 Å². The lowest BCUT2D eigenvalue weighted by Crippen LogP contribution is -2.32. The van der Waals surface area contributed by atoms with E-state index in [2.05, 4.69) is 10.0 Å². The zero-order chi connectivity index (χ0) is 22.4. The van der Waals surface area contributed by atoms with Crippen molar-refractivity contribution in [2.24, 2.45) is 0 Å². The van der Waals surface area contributed by atoms with E-state index in [9.17, 15) is 13.2 Å². The smallest absolute Gasteiger partial charge is 0.224 e. The predicted molar refractivity (Wildman–Crippen MR) is 120 cm³/mol. The van der Waals surface area contributed by atoms with Crippen molar-refractivity contribution in [1.29, 1.82) is 0 Å². The van der Waals surface area contributed by atoms with Gasteiger partial charge in [-0.15, -0.1) is 0 Å². The number of halogens is 1. The lowest BCUT2D eigenvalue weighted by molar-refractivity contribution is -0.120. The lowest BCUT2D eigenvalue weighted by Gasteiger charge is -2.14.